The van der Waals surface area contributed by atoms with Crippen LogP contribution < -0.4 is 10.9 Å². The summed E-state index contributed by atoms with van der Waals surface area (Å²) in [6.07, 6.45) is 0. The minimum Gasteiger partial charge on any atom is -0.322 e. The Morgan fingerprint density at radius 3 is 2.55 bits per heavy atom. The van der Waals surface area contributed by atoms with Gasteiger partial charge in [0, 0.05) is 25.2 Å². The predicted molar refractivity (Wildman–Crippen MR) is 96.7 cm³/mol. The number of anilines is 1. The number of aromatic nitrogens is 1. The molecule has 0 aliphatic heterocycles. The molecule has 0 spiro atoms. The maximum Gasteiger partial charge on any atom is 0.261 e. The molecule has 1 amide bonds. The second kappa shape index (κ2) is 6.10. The first-order valence-corrected chi connectivity index (χ1v) is 7.88. The summed E-state index contributed by atoms with van der Waals surface area (Å²) >= 11 is 8.12. The zero-order valence-electron chi connectivity index (χ0n) is 11.2. The van der Waals surface area contributed by atoms with Crippen LogP contribution in [0.4, 0.5) is 5.69 Å². The molecule has 0 atom stereocenters. The van der Waals surface area contributed by atoms with Crippen molar-refractivity contribution in [1.29, 1.82) is 0 Å². The van der Waals surface area contributed by atoms with Gasteiger partial charge in [-0.05, 0) is 71.1 Å². The van der Waals surface area contributed by atoms with E-state index in [1.165, 1.54) is 0 Å². The summed E-state index contributed by atoms with van der Waals surface area (Å²) in [6.45, 7) is 0. The monoisotopic (exact) mass is 424 g/mol. The maximum atomic E-state index is 12.3. The van der Waals surface area contributed by atoms with Gasteiger partial charge < -0.3 is 10.3 Å². The van der Waals surface area contributed by atoms with Gasteiger partial charge in [0.2, 0.25) is 0 Å². The zero-order valence-corrected chi connectivity index (χ0v) is 14.1. The lowest BCUT2D eigenvalue weighted by Crippen LogP contribution is -2.23. The van der Waals surface area contributed by atoms with Crippen LogP contribution in [-0.4, -0.2) is 10.9 Å². The van der Waals surface area contributed by atoms with E-state index in [1.807, 2.05) is 12.1 Å². The molecular formula is C16H10ClIN2O2. The summed E-state index contributed by atoms with van der Waals surface area (Å²) < 4.78 is 1.06. The van der Waals surface area contributed by atoms with Gasteiger partial charge in [-0.1, -0.05) is 11.6 Å². The minimum absolute atomic E-state index is 0.0494. The van der Waals surface area contributed by atoms with E-state index in [-0.39, 0.29) is 5.56 Å². The van der Waals surface area contributed by atoms with Crippen molar-refractivity contribution in [1.82, 2.24) is 4.98 Å². The smallest absolute Gasteiger partial charge is 0.261 e. The topological polar surface area (TPSA) is 62.0 Å². The number of carbonyl (C=O) groups excluding carboxylic acids is 1. The van der Waals surface area contributed by atoms with Gasteiger partial charge in [0.15, 0.2) is 0 Å². The van der Waals surface area contributed by atoms with Crippen molar-refractivity contribution in [2.45, 2.75) is 0 Å². The van der Waals surface area contributed by atoms with Crippen molar-refractivity contribution in [3.05, 3.63) is 73.0 Å². The van der Waals surface area contributed by atoms with E-state index < -0.39 is 11.5 Å². The van der Waals surface area contributed by atoms with Gasteiger partial charge in [-0.25, -0.2) is 0 Å². The van der Waals surface area contributed by atoms with Gasteiger partial charge in [-0.2, -0.15) is 0 Å². The highest BCUT2D eigenvalue weighted by Crippen LogP contribution is 2.18. The second-order valence-corrected chi connectivity index (χ2v) is 6.39. The summed E-state index contributed by atoms with van der Waals surface area (Å²) in [7, 11) is 0. The molecular weight excluding hydrogens is 415 g/mol. The van der Waals surface area contributed by atoms with Crippen LogP contribution in [0.5, 0.6) is 0 Å². The Bertz CT molecular complexity index is 920. The molecule has 1 aromatic heterocycles. The predicted octanol–water partition coefficient (Wildman–Crippen LogP) is 4.04. The number of H-pyrrole nitrogens is 1. The number of amides is 1. The van der Waals surface area contributed by atoms with Gasteiger partial charge in [-0.3, -0.25) is 9.59 Å². The lowest BCUT2D eigenvalue weighted by Gasteiger charge is -2.06. The molecule has 110 valence electrons. The summed E-state index contributed by atoms with van der Waals surface area (Å²) in [6, 6.07) is 14.0. The van der Waals surface area contributed by atoms with Crippen LogP contribution in [0.2, 0.25) is 5.02 Å². The SMILES string of the molecule is O=C(Nc1ccc(I)cc1)c1cc2cc(Cl)ccc2[nH]c1=O. The molecule has 0 saturated heterocycles. The molecule has 0 bridgehead atoms. The molecule has 0 saturated carbocycles. The van der Waals surface area contributed by atoms with Gasteiger partial charge in [0.1, 0.15) is 5.56 Å². The molecule has 4 nitrogen and oxygen atoms in total. The van der Waals surface area contributed by atoms with Gasteiger partial charge in [0.25, 0.3) is 11.5 Å². The Morgan fingerprint density at radius 1 is 1.09 bits per heavy atom. The Balaban J connectivity index is 1.98. The average molecular weight is 425 g/mol. The highest BCUT2D eigenvalue weighted by molar-refractivity contribution is 14.1. The molecule has 2 aromatic carbocycles. The molecule has 0 fully saturated rings. The van der Waals surface area contributed by atoms with Crippen molar-refractivity contribution < 1.29 is 4.79 Å². The fourth-order valence-corrected chi connectivity index (χ4v) is 2.62. The van der Waals surface area contributed by atoms with Crippen molar-refractivity contribution in [3.8, 4) is 0 Å². The number of nitrogens with one attached hydrogen (secondary N) is 2. The van der Waals surface area contributed by atoms with Crippen molar-refractivity contribution >= 4 is 56.7 Å². The van der Waals surface area contributed by atoms with Crippen LogP contribution in [0, 0.1) is 3.57 Å². The van der Waals surface area contributed by atoms with Crippen LogP contribution >= 0.6 is 34.2 Å². The first-order valence-electron chi connectivity index (χ1n) is 6.42. The fourth-order valence-electron chi connectivity index (χ4n) is 2.08. The molecule has 0 radical (unpaired) electrons. The number of carbonyl (C=O) groups is 1. The van der Waals surface area contributed by atoms with Gasteiger partial charge in [0.05, 0.1) is 0 Å². The number of hydrogen-bond acceptors (Lipinski definition) is 2. The lowest BCUT2D eigenvalue weighted by atomic mass is 10.1. The van der Waals surface area contributed by atoms with Crippen molar-refractivity contribution in [3.63, 3.8) is 0 Å². The molecule has 6 heteroatoms. The van der Waals surface area contributed by atoms with Gasteiger partial charge in [-0.15, -0.1) is 0 Å². The normalized spacial score (nSPS) is 10.6. The first kappa shape index (κ1) is 15.1. The number of halogens is 2. The number of pyridine rings is 1. The van der Waals surface area contributed by atoms with E-state index in [0.717, 1.165) is 3.57 Å². The van der Waals surface area contributed by atoms with Crippen molar-refractivity contribution in [2.24, 2.45) is 0 Å². The molecule has 3 aromatic rings. The largest absolute Gasteiger partial charge is 0.322 e. The highest BCUT2D eigenvalue weighted by Gasteiger charge is 2.12. The second-order valence-electron chi connectivity index (χ2n) is 4.70. The molecule has 0 unspecified atom stereocenters. The zero-order chi connectivity index (χ0) is 15.7. The fraction of sp³-hybridized carbons (Fsp3) is 0. The third kappa shape index (κ3) is 3.15. The number of fused-ring (bicyclic) bond motifs is 1. The Morgan fingerprint density at radius 2 is 1.82 bits per heavy atom. The summed E-state index contributed by atoms with van der Waals surface area (Å²) in [5.74, 6) is -0.454. The molecule has 22 heavy (non-hydrogen) atoms. The quantitative estimate of drug-likeness (QED) is 0.610. The number of rotatable bonds is 2. The summed E-state index contributed by atoms with van der Waals surface area (Å²) in [5.41, 5.74) is 0.891. The van der Waals surface area contributed by atoms with Crippen LogP contribution in [0.3, 0.4) is 0 Å². The number of benzene rings is 2. The van der Waals surface area contributed by atoms with E-state index in [2.05, 4.69) is 32.9 Å². The molecule has 0 aliphatic rings. The standard InChI is InChI=1S/C16H10ClIN2O2/c17-10-1-6-14-9(7-10)8-13(16(22)20-14)15(21)19-12-4-2-11(18)3-5-12/h1-8H,(H,19,21)(H,20,22). The number of hydrogen-bond donors (Lipinski definition) is 2. The van der Waals surface area contributed by atoms with Crippen LogP contribution in [0.1, 0.15) is 10.4 Å². The van der Waals surface area contributed by atoms with E-state index in [9.17, 15) is 9.59 Å². The van der Waals surface area contributed by atoms with Crippen LogP contribution in [0.15, 0.2) is 53.3 Å². The van der Waals surface area contributed by atoms with E-state index >= 15 is 0 Å². The molecule has 0 aliphatic carbocycles. The van der Waals surface area contributed by atoms with E-state index in [0.29, 0.717) is 21.6 Å². The minimum atomic E-state index is -0.454. The third-order valence-corrected chi connectivity index (χ3v) is 4.11. The highest BCUT2D eigenvalue weighted by atomic mass is 127. The first-order chi connectivity index (χ1) is 10.5. The summed E-state index contributed by atoms with van der Waals surface area (Å²) in [4.78, 5) is 27.0. The number of aromatic amines is 1. The molecule has 2 N–H and O–H groups in total. The van der Waals surface area contributed by atoms with E-state index in [4.69, 9.17) is 11.6 Å². The Kier molecular flexibility index (Phi) is 4.17. The third-order valence-electron chi connectivity index (χ3n) is 3.15. The van der Waals surface area contributed by atoms with Crippen molar-refractivity contribution in [2.75, 3.05) is 5.32 Å². The lowest BCUT2D eigenvalue weighted by molar-refractivity contribution is 0.102. The Labute approximate surface area is 144 Å². The van der Waals surface area contributed by atoms with E-state index in [1.54, 1.807) is 36.4 Å². The summed E-state index contributed by atoms with van der Waals surface area (Å²) in [5, 5.41) is 3.96. The average Bonchev–Trinajstić information content (AvgIpc) is 2.49. The molecule has 3 rings (SSSR count). The van der Waals surface area contributed by atoms with Crippen LogP contribution in [-0.2, 0) is 0 Å². The van der Waals surface area contributed by atoms with Crippen LogP contribution in [0.25, 0.3) is 10.9 Å². The Hall–Kier alpha value is -1.86. The maximum absolute atomic E-state index is 12.3. The van der Waals surface area contributed by atoms with Gasteiger partial charge >= 0.3 is 0 Å². The molecule has 1 heterocycles.